The smallest absolute Gasteiger partial charge is 0.394 e. The first kappa shape index (κ1) is 10.3. The van der Waals surface area contributed by atoms with Crippen LogP contribution in [0.1, 0.15) is 10.7 Å². The Bertz CT molecular complexity index is 535. The maximum atomic E-state index is 11.1. The van der Waals surface area contributed by atoms with E-state index in [1.165, 1.54) is 19.2 Å². The molecular formula is C9H5Cl2NO3. The van der Waals surface area contributed by atoms with Crippen LogP contribution >= 0.6 is 23.2 Å². The summed E-state index contributed by atoms with van der Waals surface area (Å²) in [7, 11) is 1.24. The van der Waals surface area contributed by atoms with Crippen molar-refractivity contribution in [2.45, 2.75) is 0 Å². The molecule has 4 nitrogen and oxygen atoms in total. The maximum absolute atomic E-state index is 11.1. The number of aromatic nitrogens is 1. The second-order valence-electron chi connectivity index (χ2n) is 2.74. The van der Waals surface area contributed by atoms with Crippen LogP contribution in [0.4, 0.5) is 0 Å². The van der Waals surface area contributed by atoms with Crippen molar-refractivity contribution < 1.29 is 13.9 Å². The van der Waals surface area contributed by atoms with Crippen LogP contribution in [0.25, 0.3) is 11.1 Å². The lowest BCUT2D eigenvalue weighted by atomic mass is 10.3. The maximum Gasteiger partial charge on any atom is 0.394 e. The largest absolute Gasteiger partial charge is 0.462 e. The number of benzene rings is 1. The van der Waals surface area contributed by atoms with Crippen molar-refractivity contribution >= 4 is 40.3 Å². The highest BCUT2D eigenvalue weighted by atomic mass is 35.5. The van der Waals surface area contributed by atoms with Crippen LogP contribution in [0.2, 0.25) is 10.0 Å². The van der Waals surface area contributed by atoms with Crippen LogP contribution in [-0.2, 0) is 4.74 Å². The van der Waals surface area contributed by atoms with Gasteiger partial charge in [0, 0.05) is 11.1 Å². The van der Waals surface area contributed by atoms with E-state index in [9.17, 15) is 4.79 Å². The van der Waals surface area contributed by atoms with Crippen molar-refractivity contribution in [2.24, 2.45) is 0 Å². The zero-order chi connectivity index (χ0) is 11.0. The van der Waals surface area contributed by atoms with Gasteiger partial charge in [0.1, 0.15) is 5.52 Å². The van der Waals surface area contributed by atoms with E-state index in [4.69, 9.17) is 27.6 Å². The van der Waals surface area contributed by atoms with E-state index >= 15 is 0 Å². The van der Waals surface area contributed by atoms with Crippen molar-refractivity contribution in [1.29, 1.82) is 0 Å². The Kier molecular flexibility index (Phi) is 2.54. The van der Waals surface area contributed by atoms with Gasteiger partial charge in [0.25, 0.3) is 0 Å². The van der Waals surface area contributed by atoms with E-state index in [1.54, 1.807) is 0 Å². The van der Waals surface area contributed by atoms with Gasteiger partial charge in [-0.05, 0) is 6.07 Å². The molecule has 0 unspecified atom stereocenters. The summed E-state index contributed by atoms with van der Waals surface area (Å²) in [4.78, 5) is 15.0. The molecule has 0 fully saturated rings. The molecule has 1 heterocycles. The van der Waals surface area contributed by atoms with E-state index in [1.807, 2.05) is 0 Å². The summed E-state index contributed by atoms with van der Waals surface area (Å²) >= 11 is 11.6. The van der Waals surface area contributed by atoms with E-state index in [2.05, 4.69) is 9.72 Å². The van der Waals surface area contributed by atoms with E-state index in [0.717, 1.165) is 0 Å². The fourth-order valence-electron chi connectivity index (χ4n) is 1.13. The van der Waals surface area contributed by atoms with Crippen molar-refractivity contribution in [3.8, 4) is 0 Å². The summed E-state index contributed by atoms with van der Waals surface area (Å²) < 4.78 is 9.59. The monoisotopic (exact) mass is 245 g/mol. The summed E-state index contributed by atoms with van der Waals surface area (Å²) in [6.45, 7) is 0. The number of nitrogens with zero attached hydrogens (tertiary/aromatic N) is 1. The van der Waals surface area contributed by atoms with Gasteiger partial charge in [0.15, 0.2) is 5.58 Å². The Hall–Kier alpha value is -1.26. The van der Waals surface area contributed by atoms with Gasteiger partial charge in [0.2, 0.25) is 0 Å². The van der Waals surface area contributed by atoms with Gasteiger partial charge in [-0.2, -0.15) is 0 Å². The molecule has 0 saturated heterocycles. The van der Waals surface area contributed by atoms with Crippen LogP contribution in [0.3, 0.4) is 0 Å². The molecule has 2 rings (SSSR count). The minimum absolute atomic E-state index is 0.142. The van der Waals surface area contributed by atoms with Gasteiger partial charge >= 0.3 is 11.9 Å². The fraction of sp³-hybridized carbons (Fsp3) is 0.111. The molecule has 0 N–H and O–H groups in total. The third kappa shape index (κ3) is 1.78. The average molecular weight is 246 g/mol. The van der Waals surface area contributed by atoms with Crippen LogP contribution in [0.5, 0.6) is 0 Å². The second-order valence-corrected chi connectivity index (χ2v) is 3.59. The predicted octanol–water partition coefficient (Wildman–Crippen LogP) is 2.92. The summed E-state index contributed by atoms with van der Waals surface area (Å²) in [6, 6.07) is 3.05. The van der Waals surface area contributed by atoms with E-state index < -0.39 is 5.97 Å². The van der Waals surface area contributed by atoms with Crippen molar-refractivity contribution in [3.63, 3.8) is 0 Å². The topological polar surface area (TPSA) is 52.3 Å². The number of rotatable bonds is 1. The summed E-state index contributed by atoms with van der Waals surface area (Å²) in [6.07, 6.45) is 0. The quantitative estimate of drug-likeness (QED) is 0.726. The van der Waals surface area contributed by atoms with Crippen LogP contribution < -0.4 is 0 Å². The molecule has 2 aromatic rings. The van der Waals surface area contributed by atoms with E-state index in [-0.39, 0.29) is 5.89 Å². The lowest BCUT2D eigenvalue weighted by Gasteiger charge is -1.91. The highest BCUT2D eigenvalue weighted by Crippen LogP contribution is 2.28. The lowest BCUT2D eigenvalue weighted by molar-refractivity contribution is 0.0559. The first-order valence-corrected chi connectivity index (χ1v) is 4.71. The number of ether oxygens (including phenoxy) is 1. The van der Waals surface area contributed by atoms with Crippen LogP contribution in [0, 0.1) is 0 Å². The highest BCUT2D eigenvalue weighted by molar-refractivity contribution is 6.38. The molecule has 78 valence electrons. The zero-order valence-electron chi connectivity index (χ0n) is 7.58. The molecular weight excluding hydrogens is 241 g/mol. The normalized spacial score (nSPS) is 10.6. The number of hydrogen-bond acceptors (Lipinski definition) is 4. The fourth-order valence-corrected chi connectivity index (χ4v) is 1.65. The number of esters is 1. The molecule has 0 saturated carbocycles. The molecule has 0 amide bonds. The summed E-state index contributed by atoms with van der Waals surface area (Å²) in [5, 5.41) is 0.747. The minimum atomic E-state index is -0.654. The third-order valence-corrected chi connectivity index (χ3v) is 2.28. The Labute approximate surface area is 94.7 Å². The number of methoxy groups -OCH3 is 1. The van der Waals surface area contributed by atoms with Crippen molar-refractivity contribution in [2.75, 3.05) is 7.11 Å². The first-order valence-electron chi connectivity index (χ1n) is 3.95. The first-order chi connectivity index (χ1) is 7.11. The number of carbonyl (C=O) groups excluding carboxylic acids is 1. The van der Waals surface area contributed by atoms with Crippen molar-refractivity contribution in [1.82, 2.24) is 4.98 Å². The second kappa shape index (κ2) is 3.72. The third-order valence-electron chi connectivity index (χ3n) is 1.77. The molecule has 15 heavy (non-hydrogen) atoms. The minimum Gasteiger partial charge on any atom is -0.462 e. The van der Waals surface area contributed by atoms with Gasteiger partial charge in [-0.1, -0.05) is 23.2 Å². The van der Waals surface area contributed by atoms with Gasteiger partial charge in [0.05, 0.1) is 12.1 Å². The number of halogens is 2. The Morgan fingerprint density at radius 3 is 2.87 bits per heavy atom. The Morgan fingerprint density at radius 2 is 2.20 bits per heavy atom. The molecule has 0 bridgehead atoms. The van der Waals surface area contributed by atoms with Gasteiger partial charge in [-0.3, -0.25) is 0 Å². The van der Waals surface area contributed by atoms with Crippen LogP contribution in [0.15, 0.2) is 16.5 Å². The molecule has 1 aromatic heterocycles. The molecule has 1 aromatic carbocycles. The highest BCUT2D eigenvalue weighted by Gasteiger charge is 2.16. The van der Waals surface area contributed by atoms with E-state index in [0.29, 0.717) is 21.1 Å². The molecule has 0 radical (unpaired) electrons. The zero-order valence-corrected chi connectivity index (χ0v) is 9.09. The number of hydrogen-bond donors (Lipinski definition) is 0. The summed E-state index contributed by atoms with van der Waals surface area (Å²) in [5.41, 5.74) is 0.745. The standard InChI is InChI=1S/C9H5Cl2NO3/c1-14-9(13)8-12-7-5(11)2-4(10)3-6(7)15-8/h2-3H,1H3. The molecule has 0 spiro atoms. The lowest BCUT2D eigenvalue weighted by Crippen LogP contribution is -2.00. The van der Waals surface area contributed by atoms with Gasteiger partial charge in [-0.15, -0.1) is 0 Å². The number of carbonyl (C=O) groups is 1. The van der Waals surface area contributed by atoms with Gasteiger partial charge in [-0.25, -0.2) is 9.78 Å². The average Bonchev–Trinajstić information content (AvgIpc) is 2.60. The van der Waals surface area contributed by atoms with Crippen LogP contribution in [-0.4, -0.2) is 18.1 Å². The molecule has 0 atom stereocenters. The molecule has 6 heteroatoms. The number of fused-ring (bicyclic) bond motifs is 1. The predicted molar refractivity (Wildman–Crippen MR) is 55.4 cm³/mol. The summed E-state index contributed by atoms with van der Waals surface area (Å²) in [5.74, 6) is -0.796. The molecule has 0 aliphatic rings. The van der Waals surface area contributed by atoms with Gasteiger partial charge < -0.3 is 9.15 Å². The molecule has 0 aliphatic heterocycles. The Morgan fingerprint density at radius 1 is 1.47 bits per heavy atom. The SMILES string of the molecule is COC(=O)c1nc2c(Cl)cc(Cl)cc2o1. The van der Waals surface area contributed by atoms with Crippen molar-refractivity contribution in [3.05, 3.63) is 28.1 Å². The number of oxazole rings is 1. The Balaban J connectivity index is 2.65. The molecule has 0 aliphatic carbocycles.